The number of likely N-dealkylation sites (tertiary alicyclic amines) is 1. The average molecular weight is 300 g/mol. The minimum atomic E-state index is 0.379. The lowest BCUT2D eigenvalue weighted by Gasteiger charge is -2.29. The Morgan fingerprint density at radius 1 is 1.32 bits per heavy atom. The Balaban J connectivity index is 1.84. The van der Waals surface area contributed by atoms with Crippen molar-refractivity contribution in [3.63, 3.8) is 0 Å². The molecule has 2 aliphatic heterocycles. The van der Waals surface area contributed by atoms with Crippen molar-refractivity contribution in [3.05, 3.63) is 24.2 Å². The minimum Gasteiger partial charge on any atom is -0.379 e. The van der Waals surface area contributed by atoms with Gasteiger partial charge in [-0.1, -0.05) is 0 Å². The van der Waals surface area contributed by atoms with Crippen LogP contribution in [-0.2, 0) is 4.74 Å². The van der Waals surface area contributed by atoms with Crippen LogP contribution in [0.4, 0.5) is 0 Å². The number of fused-ring (bicyclic) bond motifs is 1. The van der Waals surface area contributed by atoms with Gasteiger partial charge in [-0.15, -0.1) is 0 Å². The van der Waals surface area contributed by atoms with Crippen molar-refractivity contribution in [2.45, 2.75) is 51.2 Å². The van der Waals surface area contributed by atoms with Gasteiger partial charge in [0.1, 0.15) is 11.3 Å². The standard InChI is InChI=1S/C17H24N4O/c1-12(2)20-9-4-6-15(20)17-19-14-5-3-8-18-16(14)21(17)13-7-10-22-11-13/h3,5,8,12-13,15H,4,6-7,9-11H2,1-2H3. The molecule has 118 valence electrons. The van der Waals surface area contributed by atoms with E-state index in [0.717, 1.165) is 30.8 Å². The number of hydrogen-bond donors (Lipinski definition) is 0. The molecule has 2 unspecified atom stereocenters. The monoisotopic (exact) mass is 300 g/mol. The van der Waals surface area contributed by atoms with Crippen molar-refractivity contribution in [2.24, 2.45) is 0 Å². The molecule has 2 aliphatic rings. The first kappa shape index (κ1) is 14.2. The summed E-state index contributed by atoms with van der Waals surface area (Å²) in [5, 5.41) is 0. The molecule has 0 amide bonds. The van der Waals surface area contributed by atoms with Crippen LogP contribution < -0.4 is 0 Å². The predicted molar refractivity (Wildman–Crippen MR) is 85.8 cm³/mol. The third-order valence-corrected chi connectivity index (χ3v) is 5.00. The molecule has 0 spiro atoms. The van der Waals surface area contributed by atoms with Gasteiger partial charge >= 0.3 is 0 Å². The summed E-state index contributed by atoms with van der Waals surface area (Å²) < 4.78 is 8.00. The molecule has 4 rings (SSSR count). The van der Waals surface area contributed by atoms with Gasteiger partial charge in [0.2, 0.25) is 0 Å². The Labute approximate surface area is 131 Å². The normalized spacial score (nSPS) is 26.5. The first-order valence-electron chi connectivity index (χ1n) is 8.42. The van der Waals surface area contributed by atoms with Crippen LogP contribution in [-0.4, -0.2) is 45.2 Å². The summed E-state index contributed by atoms with van der Waals surface area (Å²) in [6.07, 6.45) is 5.37. The molecule has 2 fully saturated rings. The smallest absolute Gasteiger partial charge is 0.160 e. The highest BCUT2D eigenvalue weighted by Crippen LogP contribution is 2.37. The van der Waals surface area contributed by atoms with Crippen LogP contribution in [0.1, 0.15) is 51.0 Å². The fraction of sp³-hybridized carbons (Fsp3) is 0.647. The Kier molecular flexibility index (Phi) is 3.62. The van der Waals surface area contributed by atoms with Crippen LogP contribution in [0.2, 0.25) is 0 Å². The molecule has 5 nitrogen and oxygen atoms in total. The second-order valence-electron chi connectivity index (χ2n) is 6.69. The van der Waals surface area contributed by atoms with Crippen molar-refractivity contribution < 1.29 is 4.74 Å². The van der Waals surface area contributed by atoms with Crippen LogP contribution in [0.3, 0.4) is 0 Å². The molecule has 0 N–H and O–H groups in total. The van der Waals surface area contributed by atoms with E-state index in [0.29, 0.717) is 18.1 Å². The van der Waals surface area contributed by atoms with Crippen LogP contribution in [0, 0.1) is 0 Å². The van der Waals surface area contributed by atoms with Gasteiger partial charge in [-0.3, -0.25) is 4.90 Å². The summed E-state index contributed by atoms with van der Waals surface area (Å²) in [5.74, 6) is 1.19. The summed E-state index contributed by atoms with van der Waals surface area (Å²) >= 11 is 0. The molecule has 2 aromatic rings. The molecule has 2 atom stereocenters. The van der Waals surface area contributed by atoms with Crippen LogP contribution in [0.15, 0.2) is 18.3 Å². The molecule has 22 heavy (non-hydrogen) atoms. The molecule has 0 bridgehead atoms. The summed E-state index contributed by atoms with van der Waals surface area (Å²) in [4.78, 5) is 12.2. The van der Waals surface area contributed by atoms with Crippen molar-refractivity contribution in [1.29, 1.82) is 0 Å². The van der Waals surface area contributed by atoms with E-state index < -0.39 is 0 Å². The summed E-state index contributed by atoms with van der Waals surface area (Å²) in [6.45, 7) is 7.35. The summed E-state index contributed by atoms with van der Waals surface area (Å²) in [5.41, 5.74) is 2.03. The third kappa shape index (κ3) is 2.23. The Bertz CT molecular complexity index is 660. The molecular weight excluding hydrogens is 276 g/mol. The van der Waals surface area contributed by atoms with Gasteiger partial charge in [-0.25, -0.2) is 9.97 Å². The van der Waals surface area contributed by atoms with Gasteiger partial charge in [0.05, 0.1) is 18.7 Å². The number of aromatic nitrogens is 3. The molecule has 0 aliphatic carbocycles. The Morgan fingerprint density at radius 3 is 3.00 bits per heavy atom. The maximum absolute atomic E-state index is 5.63. The highest BCUT2D eigenvalue weighted by atomic mass is 16.5. The van der Waals surface area contributed by atoms with Gasteiger partial charge in [-0.2, -0.15) is 0 Å². The molecule has 5 heteroatoms. The molecule has 4 heterocycles. The van der Waals surface area contributed by atoms with E-state index in [4.69, 9.17) is 9.72 Å². The van der Waals surface area contributed by atoms with Crippen LogP contribution in [0.25, 0.3) is 11.2 Å². The van der Waals surface area contributed by atoms with Crippen molar-refractivity contribution in [3.8, 4) is 0 Å². The van der Waals surface area contributed by atoms with E-state index in [2.05, 4.69) is 34.4 Å². The number of rotatable bonds is 3. The molecule has 0 saturated carbocycles. The molecule has 0 radical (unpaired) electrons. The lowest BCUT2D eigenvalue weighted by atomic mass is 10.1. The second-order valence-corrected chi connectivity index (χ2v) is 6.69. The van der Waals surface area contributed by atoms with Gasteiger partial charge in [0.15, 0.2) is 5.65 Å². The molecule has 2 saturated heterocycles. The lowest BCUT2D eigenvalue weighted by Crippen LogP contribution is -2.32. The first-order chi connectivity index (χ1) is 10.8. The van der Waals surface area contributed by atoms with Crippen LogP contribution in [0.5, 0.6) is 0 Å². The van der Waals surface area contributed by atoms with Gasteiger partial charge in [0.25, 0.3) is 0 Å². The number of pyridine rings is 1. The maximum atomic E-state index is 5.63. The second kappa shape index (κ2) is 5.63. The average Bonchev–Trinajstić information content (AvgIpc) is 3.24. The van der Waals surface area contributed by atoms with Gasteiger partial charge in [-0.05, 0) is 51.8 Å². The molecule has 0 aromatic carbocycles. The summed E-state index contributed by atoms with van der Waals surface area (Å²) in [6, 6.07) is 5.39. The highest BCUT2D eigenvalue weighted by Gasteiger charge is 2.34. The highest BCUT2D eigenvalue weighted by molar-refractivity contribution is 5.71. The predicted octanol–water partition coefficient (Wildman–Crippen LogP) is 2.94. The number of nitrogens with zero attached hydrogens (tertiary/aromatic N) is 4. The minimum absolute atomic E-state index is 0.379. The maximum Gasteiger partial charge on any atom is 0.160 e. The van der Waals surface area contributed by atoms with E-state index in [9.17, 15) is 0 Å². The number of imidazole rings is 1. The van der Waals surface area contributed by atoms with Gasteiger partial charge in [0, 0.05) is 18.8 Å². The molecular formula is C17H24N4O. The van der Waals surface area contributed by atoms with E-state index in [1.807, 2.05) is 12.3 Å². The van der Waals surface area contributed by atoms with E-state index in [-0.39, 0.29) is 0 Å². The van der Waals surface area contributed by atoms with Crippen molar-refractivity contribution in [1.82, 2.24) is 19.4 Å². The van der Waals surface area contributed by atoms with E-state index in [1.54, 1.807) is 0 Å². The van der Waals surface area contributed by atoms with E-state index >= 15 is 0 Å². The Morgan fingerprint density at radius 2 is 2.23 bits per heavy atom. The fourth-order valence-corrected chi connectivity index (χ4v) is 3.95. The summed E-state index contributed by atoms with van der Waals surface area (Å²) in [7, 11) is 0. The number of hydrogen-bond acceptors (Lipinski definition) is 4. The van der Waals surface area contributed by atoms with Gasteiger partial charge < -0.3 is 9.30 Å². The SMILES string of the molecule is CC(C)N1CCCC1c1nc2cccnc2n1C1CCOC1. The van der Waals surface area contributed by atoms with Crippen molar-refractivity contribution >= 4 is 11.2 Å². The first-order valence-corrected chi connectivity index (χ1v) is 8.42. The van der Waals surface area contributed by atoms with E-state index in [1.165, 1.54) is 25.2 Å². The number of ether oxygens (including phenoxy) is 1. The lowest BCUT2D eigenvalue weighted by molar-refractivity contribution is 0.178. The largest absolute Gasteiger partial charge is 0.379 e. The topological polar surface area (TPSA) is 43.2 Å². The third-order valence-electron chi connectivity index (χ3n) is 5.00. The zero-order chi connectivity index (χ0) is 15.1. The zero-order valence-electron chi connectivity index (χ0n) is 13.4. The fourth-order valence-electron chi connectivity index (χ4n) is 3.95. The van der Waals surface area contributed by atoms with Crippen LogP contribution >= 0.6 is 0 Å². The quantitative estimate of drug-likeness (QED) is 0.874. The Hall–Kier alpha value is -1.46. The molecule has 2 aromatic heterocycles. The zero-order valence-corrected chi connectivity index (χ0v) is 13.4. The van der Waals surface area contributed by atoms with Crippen molar-refractivity contribution in [2.75, 3.05) is 19.8 Å².